The van der Waals surface area contributed by atoms with Gasteiger partial charge in [0, 0.05) is 18.0 Å². The molecule has 0 saturated carbocycles. The van der Waals surface area contributed by atoms with Gasteiger partial charge in [-0.25, -0.2) is 0 Å². The molecule has 0 radical (unpaired) electrons. The molecule has 2 heterocycles. The molecular weight excluding hydrogens is 276 g/mol. The van der Waals surface area contributed by atoms with Crippen LogP contribution in [0.1, 0.15) is 30.2 Å². The number of thiophene rings is 1. The summed E-state index contributed by atoms with van der Waals surface area (Å²) in [6.07, 6.45) is 2.12. The van der Waals surface area contributed by atoms with Crippen LogP contribution in [-0.4, -0.2) is 53.5 Å². The number of carboxylic acids is 1. The molecule has 1 N–H and O–H groups in total. The van der Waals surface area contributed by atoms with Crippen LogP contribution < -0.4 is 0 Å². The zero-order valence-electron chi connectivity index (χ0n) is 11.6. The summed E-state index contributed by atoms with van der Waals surface area (Å²) in [6, 6.07) is 4.30. The minimum atomic E-state index is -0.832. The minimum absolute atomic E-state index is 0.0676. The van der Waals surface area contributed by atoms with Gasteiger partial charge in [-0.05, 0) is 31.3 Å². The topological polar surface area (TPSA) is 60.9 Å². The molecule has 1 aliphatic rings. The second-order valence-corrected chi connectivity index (χ2v) is 6.12. The Morgan fingerprint density at radius 3 is 3.00 bits per heavy atom. The van der Waals surface area contributed by atoms with Crippen molar-refractivity contribution in [3.63, 3.8) is 0 Å². The quantitative estimate of drug-likeness (QED) is 0.870. The van der Waals surface area contributed by atoms with Crippen LogP contribution in [0.2, 0.25) is 0 Å². The maximum absolute atomic E-state index is 12.3. The second-order valence-electron chi connectivity index (χ2n) is 5.14. The number of carboxylic acid groups (broad SMARTS) is 1. The smallest absolute Gasteiger partial charge is 0.304 e. The number of aliphatic carboxylic acids is 1. The number of nitrogens with zero attached hydrogens (tertiary/aromatic N) is 2. The zero-order chi connectivity index (χ0) is 14.5. The number of hydrogen-bond acceptors (Lipinski definition) is 4. The Morgan fingerprint density at radius 1 is 1.55 bits per heavy atom. The molecule has 1 aromatic heterocycles. The van der Waals surface area contributed by atoms with E-state index in [1.54, 1.807) is 23.3 Å². The van der Waals surface area contributed by atoms with Crippen molar-refractivity contribution in [1.82, 2.24) is 9.80 Å². The minimum Gasteiger partial charge on any atom is -0.481 e. The molecule has 1 aliphatic heterocycles. The lowest BCUT2D eigenvalue weighted by Gasteiger charge is -2.26. The lowest BCUT2D eigenvalue weighted by molar-refractivity contribution is -0.138. The molecule has 1 saturated heterocycles. The summed E-state index contributed by atoms with van der Waals surface area (Å²) in [4.78, 5) is 27.8. The summed E-state index contributed by atoms with van der Waals surface area (Å²) in [6.45, 7) is 1.49. The summed E-state index contributed by atoms with van der Waals surface area (Å²) >= 11 is 1.69. The molecule has 110 valence electrons. The molecule has 20 heavy (non-hydrogen) atoms. The first kappa shape index (κ1) is 15.0. The van der Waals surface area contributed by atoms with Crippen LogP contribution in [0.4, 0.5) is 0 Å². The molecule has 1 fully saturated rings. The van der Waals surface area contributed by atoms with Gasteiger partial charge >= 0.3 is 5.97 Å². The van der Waals surface area contributed by atoms with E-state index < -0.39 is 5.97 Å². The molecule has 0 bridgehead atoms. The van der Waals surface area contributed by atoms with Gasteiger partial charge in [0.05, 0.1) is 19.0 Å². The average molecular weight is 296 g/mol. The standard InChI is InChI=1S/C14H20N2O3S/c1-15(8-6-14(18)19)10-13(17)16-7-2-4-11(16)12-5-3-9-20-12/h3,5,9,11H,2,4,6-8,10H2,1H3,(H,18,19). The Hall–Kier alpha value is -1.40. The third-order valence-electron chi connectivity index (χ3n) is 3.56. The van der Waals surface area contributed by atoms with E-state index in [1.807, 2.05) is 16.3 Å². The molecule has 6 heteroatoms. The molecule has 0 aromatic carbocycles. The molecule has 1 aromatic rings. The van der Waals surface area contributed by atoms with Crippen LogP contribution in [0.3, 0.4) is 0 Å². The van der Waals surface area contributed by atoms with Crippen LogP contribution in [0, 0.1) is 0 Å². The highest BCUT2D eigenvalue weighted by Gasteiger charge is 2.30. The molecule has 1 unspecified atom stereocenters. The Morgan fingerprint density at radius 2 is 2.35 bits per heavy atom. The number of amides is 1. The highest BCUT2D eigenvalue weighted by Crippen LogP contribution is 2.34. The molecule has 0 aliphatic carbocycles. The highest BCUT2D eigenvalue weighted by atomic mass is 32.1. The summed E-state index contributed by atoms with van der Waals surface area (Å²) in [5.74, 6) is -0.740. The van der Waals surface area contributed by atoms with Gasteiger partial charge in [0.15, 0.2) is 0 Å². The van der Waals surface area contributed by atoms with Gasteiger partial charge in [-0.15, -0.1) is 11.3 Å². The van der Waals surface area contributed by atoms with Crippen molar-refractivity contribution < 1.29 is 14.7 Å². The van der Waals surface area contributed by atoms with Crippen LogP contribution in [0.15, 0.2) is 17.5 Å². The van der Waals surface area contributed by atoms with Crippen molar-refractivity contribution in [1.29, 1.82) is 0 Å². The Balaban J connectivity index is 1.89. The van der Waals surface area contributed by atoms with E-state index in [-0.39, 0.29) is 24.9 Å². The van der Waals surface area contributed by atoms with Gasteiger partial charge in [-0.2, -0.15) is 0 Å². The van der Waals surface area contributed by atoms with Crippen molar-refractivity contribution >= 4 is 23.2 Å². The third kappa shape index (κ3) is 3.80. The van der Waals surface area contributed by atoms with E-state index in [9.17, 15) is 9.59 Å². The normalized spacial score (nSPS) is 18.7. The molecule has 5 nitrogen and oxygen atoms in total. The summed E-state index contributed by atoms with van der Waals surface area (Å²) in [5.41, 5.74) is 0. The average Bonchev–Trinajstić information content (AvgIpc) is 3.05. The SMILES string of the molecule is CN(CCC(=O)O)CC(=O)N1CCCC1c1cccs1. The zero-order valence-corrected chi connectivity index (χ0v) is 12.4. The van der Waals surface area contributed by atoms with Gasteiger partial charge < -0.3 is 10.0 Å². The van der Waals surface area contributed by atoms with Crippen LogP contribution >= 0.6 is 11.3 Å². The van der Waals surface area contributed by atoms with Gasteiger partial charge in [0.2, 0.25) is 5.91 Å². The van der Waals surface area contributed by atoms with E-state index >= 15 is 0 Å². The van der Waals surface area contributed by atoms with E-state index in [4.69, 9.17) is 5.11 Å². The second kappa shape index (κ2) is 6.85. The molecular formula is C14H20N2O3S. The maximum Gasteiger partial charge on any atom is 0.304 e. The van der Waals surface area contributed by atoms with Crippen molar-refractivity contribution in [2.24, 2.45) is 0 Å². The monoisotopic (exact) mass is 296 g/mol. The Labute approximate surface area is 122 Å². The molecule has 1 atom stereocenters. The molecule has 0 spiro atoms. The maximum atomic E-state index is 12.3. The largest absolute Gasteiger partial charge is 0.481 e. The van der Waals surface area contributed by atoms with E-state index in [0.29, 0.717) is 6.54 Å². The first-order valence-corrected chi connectivity index (χ1v) is 7.69. The molecule has 2 rings (SSSR count). The number of likely N-dealkylation sites (N-methyl/N-ethyl adjacent to an activating group) is 1. The van der Waals surface area contributed by atoms with Gasteiger partial charge in [0.25, 0.3) is 0 Å². The fraction of sp³-hybridized carbons (Fsp3) is 0.571. The van der Waals surface area contributed by atoms with Crippen molar-refractivity contribution in [2.75, 3.05) is 26.7 Å². The summed E-state index contributed by atoms with van der Waals surface area (Å²) in [5, 5.41) is 10.7. The number of rotatable bonds is 6. The van der Waals surface area contributed by atoms with Gasteiger partial charge in [-0.1, -0.05) is 6.07 Å². The number of carbonyl (C=O) groups is 2. The fourth-order valence-electron chi connectivity index (χ4n) is 2.53. The van der Waals surface area contributed by atoms with Crippen LogP contribution in [0.25, 0.3) is 0 Å². The Kier molecular flexibility index (Phi) is 5.14. The fourth-order valence-corrected chi connectivity index (χ4v) is 3.40. The predicted molar refractivity (Wildman–Crippen MR) is 77.8 cm³/mol. The summed E-state index contributed by atoms with van der Waals surface area (Å²) in [7, 11) is 1.79. The lowest BCUT2D eigenvalue weighted by Crippen LogP contribution is -2.39. The number of carbonyl (C=O) groups excluding carboxylic acids is 1. The highest BCUT2D eigenvalue weighted by molar-refractivity contribution is 7.10. The van der Waals surface area contributed by atoms with Crippen LogP contribution in [0.5, 0.6) is 0 Å². The third-order valence-corrected chi connectivity index (χ3v) is 4.53. The van der Waals surface area contributed by atoms with Gasteiger partial charge in [0.1, 0.15) is 0 Å². The van der Waals surface area contributed by atoms with Crippen molar-refractivity contribution in [2.45, 2.75) is 25.3 Å². The van der Waals surface area contributed by atoms with E-state index in [0.717, 1.165) is 19.4 Å². The van der Waals surface area contributed by atoms with Gasteiger partial charge in [-0.3, -0.25) is 14.5 Å². The van der Waals surface area contributed by atoms with Crippen LogP contribution in [-0.2, 0) is 9.59 Å². The number of hydrogen-bond donors (Lipinski definition) is 1. The van der Waals surface area contributed by atoms with Crippen molar-refractivity contribution in [3.05, 3.63) is 22.4 Å². The van der Waals surface area contributed by atoms with E-state index in [2.05, 4.69) is 6.07 Å². The number of likely N-dealkylation sites (tertiary alicyclic amines) is 1. The first-order valence-electron chi connectivity index (χ1n) is 6.81. The first-order chi connectivity index (χ1) is 9.58. The van der Waals surface area contributed by atoms with E-state index in [1.165, 1.54) is 4.88 Å². The Bertz CT molecular complexity index is 461. The van der Waals surface area contributed by atoms with Crippen molar-refractivity contribution in [3.8, 4) is 0 Å². The molecule has 1 amide bonds. The summed E-state index contributed by atoms with van der Waals surface area (Å²) < 4.78 is 0. The predicted octanol–water partition coefficient (Wildman–Crippen LogP) is 1.82. The lowest BCUT2D eigenvalue weighted by atomic mass is 10.2.